The third-order valence-electron chi connectivity index (χ3n) is 1.82. The maximum atomic E-state index is 11.4. The Morgan fingerprint density at radius 2 is 2.50 bits per heavy atom. The van der Waals surface area contributed by atoms with Crippen LogP contribution in [0.25, 0.3) is 0 Å². The van der Waals surface area contributed by atoms with Crippen molar-refractivity contribution in [3.8, 4) is 0 Å². The Morgan fingerprint density at radius 3 is 3.42 bits per heavy atom. The molecule has 0 aromatic rings. The number of hydrogen-bond donors (Lipinski definition) is 1. The zero-order valence-electron chi connectivity index (χ0n) is 6.41. The van der Waals surface area contributed by atoms with Crippen molar-refractivity contribution in [1.82, 2.24) is 4.83 Å². The topological polar surface area (TPSA) is 41.5 Å². The van der Waals surface area contributed by atoms with Gasteiger partial charge in [-0.25, -0.2) is 4.83 Å². The van der Waals surface area contributed by atoms with E-state index in [4.69, 9.17) is 0 Å². The van der Waals surface area contributed by atoms with Crippen molar-refractivity contribution >= 4 is 23.9 Å². The molecule has 2 aliphatic rings. The first-order valence-electron chi connectivity index (χ1n) is 3.77. The van der Waals surface area contributed by atoms with E-state index in [1.165, 1.54) is 18.2 Å². The highest BCUT2D eigenvalue weighted by Gasteiger charge is 2.16. The van der Waals surface area contributed by atoms with Gasteiger partial charge in [-0.2, -0.15) is 5.10 Å². The molecule has 12 heavy (non-hydrogen) atoms. The average Bonchev–Trinajstić information content (AvgIpc) is 2.29. The lowest BCUT2D eigenvalue weighted by molar-refractivity contribution is -0.109. The minimum Gasteiger partial charge on any atom is -0.288 e. The van der Waals surface area contributed by atoms with Crippen LogP contribution in [0, 0.1) is 0 Å². The highest BCUT2D eigenvalue weighted by atomic mass is 32.2. The van der Waals surface area contributed by atoms with Gasteiger partial charge < -0.3 is 0 Å². The van der Waals surface area contributed by atoms with E-state index in [0.29, 0.717) is 0 Å². The van der Waals surface area contributed by atoms with Gasteiger partial charge in [-0.15, -0.1) is 0 Å². The zero-order valence-corrected chi connectivity index (χ0v) is 7.23. The number of nitrogens with zero attached hydrogens (tertiary/aromatic N) is 1. The van der Waals surface area contributed by atoms with Gasteiger partial charge in [0.05, 0.1) is 6.21 Å². The lowest BCUT2D eigenvalue weighted by Crippen LogP contribution is -2.06. The van der Waals surface area contributed by atoms with Crippen molar-refractivity contribution in [3.05, 3.63) is 22.6 Å². The summed E-state index contributed by atoms with van der Waals surface area (Å²) in [5.41, 5.74) is 0.885. The van der Waals surface area contributed by atoms with E-state index in [1.54, 1.807) is 0 Å². The molecule has 0 aromatic carbocycles. The number of hydrogen-bond acceptors (Lipinski definition) is 4. The van der Waals surface area contributed by atoms with Crippen LogP contribution in [0.4, 0.5) is 0 Å². The fourth-order valence-corrected chi connectivity index (χ4v) is 1.91. The molecule has 0 unspecified atom stereocenters. The van der Waals surface area contributed by atoms with Crippen molar-refractivity contribution in [1.29, 1.82) is 0 Å². The normalized spacial score (nSPS) is 21.8. The zero-order chi connectivity index (χ0) is 8.39. The molecule has 0 fully saturated rings. The minimum absolute atomic E-state index is 0.0341. The Bertz CT molecular complexity index is 304. The van der Waals surface area contributed by atoms with Gasteiger partial charge in [0.1, 0.15) is 0 Å². The van der Waals surface area contributed by atoms with E-state index in [2.05, 4.69) is 16.0 Å². The largest absolute Gasteiger partial charge is 0.288 e. The van der Waals surface area contributed by atoms with Gasteiger partial charge in [0.25, 0.3) is 0 Å². The van der Waals surface area contributed by atoms with Crippen LogP contribution >= 0.6 is 11.9 Å². The van der Waals surface area contributed by atoms with Crippen molar-refractivity contribution < 1.29 is 4.79 Å². The number of hydrazone groups is 1. The van der Waals surface area contributed by atoms with Crippen LogP contribution in [-0.2, 0) is 4.79 Å². The predicted octanol–water partition coefficient (Wildman–Crippen LogP) is 1.40. The van der Waals surface area contributed by atoms with E-state index in [0.717, 1.165) is 23.3 Å². The third-order valence-corrected chi connectivity index (χ3v) is 2.61. The van der Waals surface area contributed by atoms with E-state index < -0.39 is 0 Å². The first kappa shape index (κ1) is 7.61. The molecule has 1 aliphatic heterocycles. The molecule has 1 N–H and O–H groups in total. The van der Waals surface area contributed by atoms with Crippen molar-refractivity contribution in [2.24, 2.45) is 5.10 Å². The molecule has 0 atom stereocenters. The molecule has 62 valence electrons. The van der Waals surface area contributed by atoms with Gasteiger partial charge >= 0.3 is 0 Å². The predicted molar refractivity (Wildman–Crippen MR) is 49.6 cm³/mol. The molecule has 1 heterocycles. The SMILES string of the molecule is O=C1C=NNSC2=C1CCC=C2. The Morgan fingerprint density at radius 1 is 1.58 bits per heavy atom. The van der Waals surface area contributed by atoms with Crippen LogP contribution in [0.1, 0.15) is 12.8 Å². The summed E-state index contributed by atoms with van der Waals surface area (Å²) in [5.74, 6) is 0.0341. The molecular weight excluding hydrogens is 172 g/mol. The van der Waals surface area contributed by atoms with Gasteiger partial charge in [-0.05, 0) is 12.8 Å². The number of ketones is 1. The highest BCUT2D eigenvalue weighted by molar-refractivity contribution is 8.01. The van der Waals surface area contributed by atoms with Crippen molar-refractivity contribution in [3.63, 3.8) is 0 Å². The number of Topliss-reactive ketones (excluding diaryl/α,β-unsaturated/α-hetero) is 1. The third kappa shape index (κ3) is 1.30. The molecule has 0 aromatic heterocycles. The Labute approximate surface area is 74.7 Å². The van der Waals surface area contributed by atoms with Gasteiger partial charge in [0, 0.05) is 22.4 Å². The molecule has 2 rings (SSSR count). The second-order valence-electron chi connectivity index (χ2n) is 2.60. The van der Waals surface area contributed by atoms with Crippen LogP contribution in [0.15, 0.2) is 27.7 Å². The summed E-state index contributed by atoms with van der Waals surface area (Å²) in [6.45, 7) is 0. The molecule has 3 nitrogen and oxygen atoms in total. The summed E-state index contributed by atoms with van der Waals surface area (Å²) in [6.07, 6.45) is 7.19. The van der Waals surface area contributed by atoms with Gasteiger partial charge in [-0.1, -0.05) is 12.2 Å². The standard InChI is InChI=1S/C8H8N2OS/c11-7-5-9-10-12-8-4-2-1-3-6(7)8/h2,4-5,10H,1,3H2. The van der Waals surface area contributed by atoms with Crippen molar-refractivity contribution in [2.45, 2.75) is 12.8 Å². The van der Waals surface area contributed by atoms with Crippen LogP contribution in [-0.4, -0.2) is 12.0 Å². The van der Waals surface area contributed by atoms with E-state index in [1.807, 2.05) is 6.08 Å². The number of nitrogens with one attached hydrogen (secondary N) is 1. The van der Waals surface area contributed by atoms with E-state index in [-0.39, 0.29) is 5.78 Å². The number of allylic oxidation sites excluding steroid dienone is 3. The summed E-state index contributed by atoms with van der Waals surface area (Å²) in [7, 11) is 0. The van der Waals surface area contributed by atoms with Gasteiger partial charge in [-0.3, -0.25) is 4.79 Å². The van der Waals surface area contributed by atoms with Gasteiger partial charge in [0.2, 0.25) is 5.78 Å². The quantitative estimate of drug-likeness (QED) is 0.573. The molecule has 1 aliphatic carbocycles. The molecule has 0 spiro atoms. The maximum Gasteiger partial charge on any atom is 0.202 e. The minimum atomic E-state index is 0.0341. The first-order valence-corrected chi connectivity index (χ1v) is 4.58. The Hall–Kier alpha value is -1.03. The molecule has 0 saturated heterocycles. The lowest BCUT2D eigenvalue weighted by Gasteiger charge is -2.09. The molecule has 0 bridgehead atoms. The molecular formula is C8H8N2OS. The van der Waals surface area contributed by atoms with Crippen LogP contribution in [0.3, 0.4) is 0 Å². The van der Waals surface area contributed by atoms with Crippen molar-refractivity contribution in [2.75, 3.05) is 0 Å². The maximum absolute atomic E-state index is 11.4. The fraction of sp³-hybridized carbons (Fsp3) is 0.250. The van der Waals surface area contributed by atoms with E-state index in [9.17, 15) is 4.79 Å². The summed E-state index contributed by atoms with van der Waals surface area (Å²) >= 11 is 1.40. The summed E-state index contributed by atoms with van der Waals surface area (Å²) in [4.78, 5) is 15.1. The van der Waals surface area contributed by atoms with Crippen LogP contribution < -0.4 is 4.83 Å². The summed E-state index contributed by atoms with van der Waals surface area (Å²) in [6, 6.07) is 0. The number of carbonyl (C=O) groups excluding carboxylic acids is 1. The van der Waals surface area contributed by atoms with Gasteiger partial charge in [0.15, 0.2) is 0 Å². The lowest BCUT2D eigenvalue weighted by atomic mass is 10.0. The average molecular weight is 180 g/mol. The second-order valence-corrected chi connectivity index (χ2v) is 3.43. The Balaban J connectivity index is 2.38. The number of carbonyl (C=O) groups is 1. The van der Waals surface area contributed by atoms with Crippen LogP contribution in [0.2, 0.25) is 0 Å². The smallest absolute Gasteiger partial charge is 0.202 e. The Kier molecular flexibility index (Phi) is 1.99. The monoisotopic (exact) mass is 180 g/mol. The summed E-state index contributed by atoms with van der Waals surface area (Å²) in [5, 5.41) is 3.74. The van der Waals surface area contributed by atoms with Crippen LogP contribution in [0.5, 0.6) is 0 Å². The van der Waals surface area contributed by atoms with E-state index >= 15 is 0 Å². The molecule has 0 radical (unpaired) electrons. The summed E-state index contributed by atoms with van der Waals surface area (Å²) < 4.78 is 0. The first-order chi connectivity index (χ1) is 5.88. The molecule has 0 saturated carbocycles. The second kappa shape index (κ2) is 3.15. The fourth-order valence-electron chi connectivity index (χ4n) is 1.22. The number of rotatable bonds is 0. The highest BCUT2D eigenvalue weighted by Crippen LogP contribution is 2.27. The molecule has 4 heteroatoms. The molecule has 0 amide bonds.